The van der Waals surface area contributed by atoms with E-state index in [0.29, 0.717) is 16.5 Å². The number of non-ortho nitro benzene ring substituents is 1. The van der Waals surface area contributed by atoms with E-state index in [1.807, 2.05) is 0 Å². The van der Waals surface area contributed by atoms with E-state index in [4.69, 9.17) is 16.3 Å². The molecule has 2 aromatic rings. The molecular formula is C17H16ClN3O5. The monoisotopic (exact) mass is 377 g/mol. The van der Waals surface area contributed by atoms with Crippen LogP contribution in [0.25, 0.3) is 0 Å². The number of nitro benzene ring substituents is 1. The fourth-order valence-corrected chi connectivity index (χ4v) is 2.30. The number of anilines is 1. The summed E-state index contributed by atoms with van der Waals surface area (Å²) in [5, 5.41) is 16.3. The van der Waals surface area contributed by atoms with Crippen molar-refractivity contribution in [2.45, 2.75) is 6.92 Å². The van der Waals surface area contributed by atoms with Crippen molar-refractivity contribution >= 4 is 34.8 Å². The normalized spacial score (nSPS) is 10.1. The highest BCUT2D eigenvalue weighted by molar-refractivity contribution is 6.31. The molecule has 0 aliphatic heterocycles. The van der Waals surface area contributed by atoms with Gasteiger partial charge >= 0.3 is 0 Å². The van der Waals surface area contributed by atoms with Crippen LogP contribution in [0.15, 0.2) is 36.4 Å². The lowest BCUT2D eigenvalue weighted by molar-refractivity contribution is -0.384. The van der Waals surface area contributed by atoms with Crippen LogP contribution in [-0.2, 0) is 4.79 Å². The molecule has 0 aliphatic carbocycles. The van der Waals surface area contributed by atoms with Crippen LogP contribution in [0.1, 0.15) is 15.9 Å². The van der Waals surface area contributed by atoms with Crippen LogP contribution in [0, 0.1) is 17.0 Å². The largest absolute Gasteiger partial charge is 0.495 e. The highest BCUT2D eigenvalue weighted by Gasteiger charge is 2.14. The predicted octanol–water partition coefficient (Wildman–Crippen LogP) is 2.93. The standard InChI is InChI=1S/C17H16ClN3O5/c1-10-6-14(15(26-2)8-13(10)18)20-16(22)9-19-17(23)11-4-3-5-12(7-11)21(24)25/h3-8H,9H2,1-2H3,(H,19,23)(H,20,22). The molecule has 0 saturated carbocycles. The number of methoxy groups -OCH3 is 1. The molecular weight excluding hydrogens is 362 g/mol. The van der Waals surface area contributed by atoms with Crippen LogP contribution in [0.4, 0.5) is 11.4 Å². The first-order valence-corrected chi connectivity index (χ1v) is 7.86. The molecule has 0 atom stereocenters. The molecule has 2 aromatic carbocycles. The maximum atomic E-state index is 12.1. The minimum atomic E-state index is -0.599. The average molecular weight is 378 g/mol. The molecule has 0 unspecified atom stereocenters. The number of aryl methyl sites for hydroxylation is 1. The molecule has 0 fully saturated rings. The Bertz CT molecular complexity index is 869. The fourth-order valence-electron chi connectivity index (χ4n) is 2.15. The average Bonchev–Trinajstić information content (AvgIpc) is 2.62. The second kappa shape index (κ2) is 8.30. The zero-order valence-electron chi connectivity index (χ0n) is 14.0. The van der Waals surface area contributed by atoms with Gasteiger partial charge in [-0.2, -0.15) is 0 Å². The van der Waals surface area contributed by atoms with Crippen LogP contribution in [0.3, 0.4) is 0 Å². The molecule has 0 aliphatic rings. The highest BCUT2D eigenvalue weighted by Crippen LogP contribution is 2.30. The summed E-state index contributed by atoms with van der Waals surface area (Å²) in [6.07, 6.45) is 0. The number of nitrogens with one attached hydrogen (secondary N) is 2. The summed E-state index contributed by atoms with van der Waals surface area (Å²) in [5.41, 5.74) is 1.06. The van der Waals surface area contributed by atoms with Crippen molar-refractivity contribution in [3.8, 4) is 5.75 Å². The lowest BCUT2D eigenvalue weighted by Crippen LogP contribution is -2.33. The van der Waals surface area contributed by atoms with E-state index in [2.05, 4.69) is 10.6 Å². The number of rotatable bonds is 6. The number of amides is 2. The molecule has 136 valence electrons. The molecule has 2 rings (SSSR count). The molecule has 0 spiro atoms. The second-order valence-corrected chi connectivity index (χ2v) is 5.75. The van der Waals surface area contributed by atoms with Gasteiger partial charge in [0, 0.05) is 28.8 Å². The SMILES string of the molecule is COc1cc(Cl)c(C)cc1NC(=O)CNC(=O)c1cccc([N+](=O)[O-])c1. The Labute approximate surface area is 154 Å². The fraction of sp³-hybridized carbons (Fsp3) is 0.176. The Hall–Kier alpha value is -3.13. The molecule has 0 heterocycles. The summed E-state index contributed by atoms with van der Waals surface area (Å²) in [7, 11) is 1.45. The van der Waals surface area contributed by atoms with Gasteiger partial charge < -0.3 is 15.4 Å². The van der Waals surface area contributed by atoms with Crippen LogP contribution in [0.2, 0.25) is 5.02 Å². The maximum absolute atomic E-state index is 12.1. The Kier molecular flexibility index (Phi) is 6.13. The lowest BCUT2D eigenvalue weighted by Gasteiger charge is -2.12. The van der Waals surface area contributed by atoms with E-state index in [0.717, 1.165) is 11.6 Å². The third-order valence-corrected chi connectivity index (χ3v) is 3.89. The molecule has 2 N–H and O–H groups in total. The molecule has 0 bridgehead atoms. The Balaban J connectivity index is 2.01. The quantitative estimate of drug-likeness (QED) is 0.594. The third kappa shape index (κ3) is 4.70. The van der Waals surface area contributed by atoms with Gasteiger partial charge in [-0.05, 0) is 24.6 Å². The summed E-state index contributed by atoms with van der Waals surface area (Å²) in [5.74, 6) is -0.689. The van der Waals surface area contributed by atoms with Crippen molar-refractivity contribution in [3.63, 3.8) is 0 Å². The lowest BCUT2D eigenvalue weighted by atomic mass is 10.2. The first kappa shape index (κ1) is 19.2. The smallest absolute Gasteiger partial charge is 0.270 e. The summed E-state index contributed by atoms with van der Waals surface area (Å²) < 4.78 is 5.16. The molecule has 0 radical (unpaired) electrons. The van der Waals surface area contributed by atoms with Crippen molar-refractivity contribution in [1.29, 1.82) is 0 Å². The molecule has 0 saturated heterocycles. The third-order valence-electron chi connectivity index (χ3n) is 3.48. The Morgan fingerprint density at radius 3 is 2.65 bits per heavy atom. The van der Waals surface area contributed by atoms with Crippen LogP contribution < -0.4 is 15.4 Å². The van der Waals surface area contributed by atoms with Gasteiger partial charge in [-0.3, -0.25) is 19.7 Å². The summed E-state index contributed by atoms with van der Waals surface area (Å²) in [4.78, 5) is 34.3. The van der Waals surface area contributed by atoms with E-state index in [-0.39, 0.29) is 17.8 Å². The predicted molar refractivity (Wildman–Crippen MR) is 96.8 cm³/mol. The maximum Gasteiger partial charge on any atom is 0.270 e. The van der Waals surface area contributed by atoms with Crippen molar-refractivity contribution in [2.75, 3.05) is 19.0 Å². The van der Waals surface area contributed by atoms with Gasteiger partial charge in [-0.15, -0.1) is 0 Å². The zero-order chi connectivity index (χ0) is 19.3. The molecule has 8 nitrogen and oxygen atoms in total. The van der Waals surface area contributed by atoms with Gasteiger partial charge in [-0.1, -0.05) is 17.7 Å². The molecule has 2 amide bonds. The zero-order valence-corrected chi connectivity index (χ0v) is 14.8. The number of hydrogen-bond donors (Lipinski definition) is 2. The minimum Gasteiger partial charge on any atom is -0.495 e. The van der Waals surface area contributed by atoms with Gasteiger partial charge in [0.15, 0.2) is 0 Å². The number of hydrogen-bond acceptors (Lipinski definition) is 5. The van der Waals surface area contributed by atoms with Crippen molar-refractivity contribution in [2.24, 2.45) is 0 Å². The topological polar surface area (TPSA) is 111 Å². The summed E-state index contributed by atoms with van der Waals surface area (Å²) >= 11 is 6.01. The summed E-state index contributed by atoms with van der Waals surface area (Å²) in [6, 6.07) is 8.47. The number of halogens is 1. The van der Waals surface area contributed by atoms with Crippen LogP contribution in [-0.4, -0.2) is 30.4 Å². The number of carbonyl (C=O) groups is 2. The highest BCUT2D eigenvalue weighted by atomic mass is 35.5. The van der Waals surface area contributed by atoms with Gasteiger partial charge in [0.1, 0.15) is 5.75 Å². The number of nitro groups is 1. The molecule has 0 aromatic heterocycles. The van der Waals surface area contributed by atoms with Crippen molar-refractivity contribution in [3.05, 3.63) is 62.7 Å². The van der Waals surface area contributed by atoms with Gasteiger partial charge in [-0.25, -0.2) is 0 Å². The molecule has 26 heavy (non-hydrogen) atoms. The van der Waals surface area contributed by atoms with Gasteiger partial charge in [0.25, 0.3) is 11.6 Å². The van der Waals surface area contributed by atoms with E-state index in [1.165, 1.54) is 25.3 Å². The Morgan fingerprint density at radius 2 is 2.00 bits per heavy atom. The van der Waals surface area contributed by atoms with Gasteiger partial charge in [0.05, 0.1) is 24.3 Å². The van der Waals surface area contributed by atoms with Crippen molar-refractivity contribution < 1.29 is 19.2 Å². The van der Waals surface area contributed by atoms with Crippen LogP contribution >= 0.6 is 11.6 Å². The number of benzene rings is 2. The number of carbonyl (C=O) groups excluding carboxylic acids is 2. The summed E-state index contributed by atoms with van der Waals surface area (Å²) in [6.45, 7) is 1.47. The number of nitrogens with zero attached hydrogens (tertiary/aromatic N) is 1. The van der Waals surface area contributed by atoms with E-state index in [1.54, 1.807) is 19.1 Å². The number of ether oxygens (including phenoxy) is 1. The van der Waals surface area contributed by atoms with Crippen molar-refractivity contribution in [1.82, 2.24) is 5.32 Å². The molecule has 9 heteroatoms. The Morgan fingerprint density at radius 1 is 1.27 bits per heavy atom. The van der Waals surface area contributed by atoms with E-state index in [9.17, 15) is 19.7 Å². The first-order chi connectivity index (χ1) is 12.3. The van der Waals surface area contributed by atoms with Gasteiger partial charge in [0.2, 0.25) is 5.91 Å². The first-order valence-electron chi connectivity index (χ1n) is 7.48. The van der Waals surface area contributed by atoms with Crippen LogP contribution in [0.5, 0.6) is 5.75 Å². The van der Waals surface area contributed by atoms with E-state index < -0.39 is 16.7 Å². The van der Waals surface area contributed by atoms with E-state index >= 15 is 0 Å². The minimum absolute atomic E-state index is 0.0897. The second-order valence-electron chi connectivity index (χ2n) is 5.34.